The van der Waals surface area contributed by atoms with Crippen LogP contribution in [0.3, 0.4) is 0 Å². The summed E-state index contributed by atoms with van der Waals surface area (Å²) in [4.78, 5) is 15.8. The van der Waals surface area contributed by atoms with Gasteiger partial charge in [-0.3, -0.25) is 0 Å². The molecule has 3 aromatic rings. The smallest absolute Gasteiger partial charge is 0.115 e. The van der Waals surface area contributed by atoms with Crippen LogP contribution in [0, 0.1) is 19.3 Å². The molecule has 0 saturated carbocycles. The van der Waals surface area contributed by atoms with E-state index < -0.39 is 0 Å². The third kappa shape index (κ3) is 3.36. The molecule has 0 aliphatic carbocycles. The maximum atomic E-state index is 5.61. The molecule has 0 fully saturated rings. The van der Waals surface area contributed by atoms with Crippen molar-refractivity contribution in [2.45, 2.75) is 6.92 Å². The number of aromatic nitrogens is 4. The number of rotatable bonds is 0. The van der Waals surface area contributed by atoms with Crippen molar-refractivity contribution in [1.29, 1.82) is 0 Å². The van der Waals surface area contributed by atoms with Gasteiger partial charge in [0.1, 0.15) is 5.69 Å². The van der Waals surface area contributed by atoms with Crippen LogP contribution in [0.5, 0.6) is 0 Å². The van der Waals surface area contributed by atoms with E-state index in [9.17, 15) is 0 Å². The Morgan fingerprint density at radius 1 is 0.760 bits per heavy atom. The Balaban J connectivity index is 2.07. The first kappa shape index (κ1) is 15.0. The Morgan fingerprint density at radius 3 is 1.84 bits per heavy atom. The van der Waals surface area contributed by atoms with Crippen LogP contribution in [0.25, 0.3) is 34.2 Å². The van der Waals surface area contributed by atoms with E-state index in [-0.39, 0.29) is 0 Å². The summed E-state index contributed by atoms with van der Waals surface area (Å²) in [7, 11) is 0. The minimum Gasteiger partial charge on any atom is -0.355 e. The maximum Gasteiger partial charge on any atom is 0.115 e. The fraction of sp³-hybridized carbons (Fsp3) is 0.0476. The molecule has 3 aromatic heterocycles. The standard InChI is InChI=1S/C21H16N4/c1-3-15-11-17-6-7-19(24-17)13-21-9-8-20(25-21)12-18-5-4-16(23-18)10-14(2)22-15/h1,4-13,23-24H,2H3. The van der Waals surface area contributed by atoms with Gasteiger partial charge >= 0.3 is 0 Å². The van der Waals surface area contributed by atoms with Gasteiger partial charge in [-0.05, 0) is 67.6 Å². The number of H-pyrrole nitrogens is 2. The van der Waals surface area contributed by atoms with Crippen LogP contribution in [-0.4, -0.2) is 19.9 Å². The predicted molar refractivity (Wildman–Crippen MR) is 103 cm³/mol. The Morgan fingerprint density at radius 2 is 1.28 bits per heavy atom. The second-order valence-corrected chi connectivity index (χ2v) is 5.89. The number of fused-ring (bicyclic) bond motifs is 6. The monoisotopic (exact) mass is 324 g/mol. The SMILES string of the molecule is C#Cc1cc2ccc(cc3nc(cc4ccc(cc(C)n1)[nH]4)C=C3)[nH]2. The average Bonchev–Trinajstić information content (AvgIpc) is 3.30. The summed E-state index contributed by atoms with van der Waals surface area (Å²) in [6, 6.07) is 15.8. The minimum absolute atomic E-state index is 0.571. The van der Waals surface area contributed by atoms with Gasteiger partial charge in [-0.15, -0.1) is 6.42 Å². The summed E-state index contributed by atoms with van der Waals surface area (Å²) in [5.41, 5.74) is 7.05. The maximum absolute atomic E-state index is 5.61. The van der Waals surface area contributed by atoms with Crippen LogP contribution >= 0.6 is 0 Å². The number of aromatic amines is 2. The summed E-state index contributed by atoms with van der Waals surface area (Å²) in [5.74, 6) is 2.63. The summed E-state index contributed by atoms with van der Waals surface area (Å²) >= 11 is 0. The van der Waals surface area contributed by atoms with E-state index in [2.05, 4.69) is 25.9 Å². The van der Waals surface area contributed by atoms with Crippen LogP contribution in [0.2, 0.25) is 0 Å². The Bertz CT molecular complexity index is 1170. The molecule has 0 saturated heterocycles. The van der Waals surface area contributed by atoms with Crippen molar-refractivity contribution in [1.82, 2.24) is 19.9 Å². The number of aryl methyl sites for hydroxylation is 1. The zero-order valence-corrected chi connectivity index (χ0v) is 13.7. The van der Waals surface area contributed by atoms with Crippen molar-refractivity contribution in [3.8, 4) is 12.3 Å². The lowest BCUT2D eigenvalue weighted by Gasteiger charge is -1.89. The summed E-state index contributed by atoms with van der Waals surface area (Å²) in [5, 5.41) is 0. The molecule has 4 heteroatoms. The molecule has 0 unspecified atom stereocenters. The normalized spacial score (nSPS) is 11.2. The lowest BCUT2D eigenvalue weighted by molar-refractivity contribution is 1.20. The molecule has 25 heavy (non-hydrogen) atoms. The van der Waals surface area contributed by atoms with E-state index in [1.165, 1.54) is 0 Å². The zero-order valence-electron chi connectivity index (χ0n) is 13.7. The highest BCUT2D eigenvalue weighted by molar-refractivity contribution is 5.74. The van der Waals surface area contributed by atoms with Crippen molar-refractivity contribution in [3.63, 3.8) is 0 Å². The minimum atomic E-state index is 0.571. The van der Waals surface area contributed by atoms with Gasteiger partial charge in [0.2, 0.25) is 0 Å². The largest absolute Gasteiger partial charge is 0.355 e. The molecule has 120 valence electrons. The number of terminal acetylenes is 1. The predicted octanol–water partition coefficient (Wildman–Crippen LogP) is 4.46. The summed E-state index contributed by atoms with van der Waals surface area (Å²) < 4.78 is 0. The molecule has 4 heterocycles. The first-order chi connectivity index (χ1) is 12.2. The van der Waals surface area contributed by atoms with E-state index in [0.717, 1.165) is 39.1 Å². The molecule has 0 spiro atoms. The van der Waals surface area contributed by atoms with Crippen molar-refractivity contribution >= 4 is 34.2 Å². The molecule has 0 radical (unpaired) electrons. The lowest BCUT2D eigenvalue weighted by atomic mass is 10.3. The molecule has 4 rings (SSSR count). The lowest BCUT2D eigenvalue weighted by Crippen LogP contribution is -1.81. The third-order valence-corrected chi connectivity index (χ3v) is 3.85. The number of hydrogen-bond donors (Lipinski definition) is 2. The van der Waals surface area contributed by atoms with Crippen LogP contribution in [0.15, 0.2) is 48.5 Å². The fourth-order valence-electron chi connectivity index (χ4n) is 2.77. The van der Waals surface area contributed by atoms with Gasteiger partial charge in [-0.25, -0.2) is 9.97 Å². The average molecular weight is 324 g/mol. The zero-order chi connectivity index (χ0) is 17.2. The van der Waals surface area contributed by atoms with Gasteiger partial charge in [0, 0.05) is 27.8 Å². The highest BCUT2D eigenvalue weighted by Gasteiger charge is 1.98. The second kappa shape index (κ2) is 6.14. The van der Waals surface area contributed by atoms with Gasteiger partial charge in [-0.1, -0.05) is 5.92 Å². The van der Waals surface area contributed by atoms with E-state index in [0.29, 0.717) is 5.69 Å². The first-order valence-electron chi connectivity index (χ1n) is 7.97. The van der Waals surface area contributed by atoms with Crippen molar-refractivity contribution < 1.29 is 0 Å². The van der Waals surface area contributed by atoms with E-state index in [1.54, 1.807) is 0 Å². The van der Waals surface area contributed by atoms with Crippen LogP contribution < -0.4 is 0 Å². The number of hydrogen-bond acceptors (Lipinski definition) is 2. The molecular formula is C21H16N4. The summed E-state index contributed by atoms with van der Waals surface area (Å²) in [6.07, 6.45) is 9.60. The second-order valence-electron chi connectivity index (χ2n) is 5.89. The molecule has 1 aliphatic heterocycles. The topological polar surface area (TPSA) is 57.4 Å². The Labute approximate surface area is 145 Å². The van der Waals surface area contributed by atoms with E-state index in [4.69, 9.17) is 6.42 Å². The Kier molecular flexibility index (Phi) is 3.68. The van der Waals surface area contributed by atoms with Crippen molar-refractivity contribution in [2.75, 3.05) is 0 Å². The van der Waals surface area contributed by atoms with Gasteiger partial charge in [-0.2, -0.15) is 0 Å². The molecular weight excluding hydrogens is 308 g/mol. The summed E-state index contributed by atoms with van der Waals surface area (Å²) in [6.45, 7) is 1.93. The van der Waals surface area contributed by atoms with Gasteiger partial charge in [0.05, 0.1) is 11.4 Å². The molecule has 2 N–H and O–H groups in total. The number of nitrogens with zero attached hydrogens (tertiary/aromatic N) is 2. The highest BCUT2D eigenvalue weighted by Crippen LogP contribution is 2.14. The van der Waals surface area contributed by atoms with Crippen molar-refractivity contribution in [2.24, 2.45) is 0 Å². The number of nitrogens with one attached hydrogen (secondary N) is 2. The highest BCUT2D eigenvalue weighted by atomic mass is 14.7. The van der Waals surface area contributed by atoms with Crippen molar-refractivity contribution in [3.05, 3.63) is 71.3 Å². The molecule has 1 aliphatic rings. The van der Waals surface area contributed by atoms with Gasteiger partial charge < -0.3 is 9.97 Å². The van der Waals surface area contributed by atoms with E-state index in [1.807, 2.05) is 67.6 Å². The van der Waals surface area contributed by atoms with E-state index >= 15 is 0 Å². The quantitative estimate of drug-likeness (QED) is 0.469. The first-order valence-corrected chi connectivity index (χ1v) is 7.97. The third-order valence-electron chi connectivity index (χ3n) is 3.85. The molecule has 0 amide bonds. The molecule has 4 nitrogen and oxygen atoms in total. The van der Waals surface area contributed by atoms with Crippen LogP contribution in [0.1, 0.15) is 22.8 Å². The molecule has 0 atom stereocenters. The van der Waals surface area contributed by atoms with Crippen LogP contribution in [-0.2, 0) is 0 Å². The van der Waals surface area contributed by atoms with Gasteiger partial charge in [0.15, 0.2) is 0 Å². The molecule has 6 bridgehead atoms. The van der Waals surface area contributed by atoms with Crippen LogP contribution in [0.4, 0.5) is 0 Å². The Hall–Kier alpha value is -3.58. The van der Waals surface area contributed by atoms with Gasteiger partial charge in [0.25, 0.3) is 0 Å². The molecule has 0 aromatic carbocycles. The fourth-order valence-corrected chi connectivity index (χ4v) is 2.77.